The van der Waals surface area contributed by atoms with E-state index in [0.29, 0.717) is 66.9 Å². The van der Waals surface area contributed by atoms with Crippen molar-refractivity contribution in [3.8, 4) is 74.5 Å². The van der Waals surface area contributed by atoms with Gasteiger partial charge in [-0.25, -0.2) is 4.90 Å². The van der Waals surface area contributed by atoms with E-state index in [9.17, 15) is 21.0 Å². The molecule has 8 aromatic carbocycles. The van der Waals surface area contributed by atoms with E-state index in [-0.39, 0.29) is 22.3 Å². The first-order valence-corrected chi connectivity index (χ1v) is 19.7. The summed E-state index contributed by atoms with van der Waals surface area (Å²) in [4.78, 5) is 31.9. The first-order chi connectivity index (χ1) is 30.4. The summed E-state index contributed by atoms with van der Waals surface area (Å²) in [5.74, 6) is -0.996. The summed E-state index contributed by atoms with van der Waals surface area (Å²) in [6.45, 7) is 0. The zero-order chi connectivity index (χ0) is 42.5. The molecule has 2 amide bonds. The molecule has 10 rings (SSSR count). The van der Waals surface area contributed by atoms with Crippen molar-refractivity contribution in [1.82, 2.24) is 4.57 Å². The number of nitrogens with zero attached hydrogens (tertiary/aromatic N) is 6. The third-order valence-corrected chi connectivity index (χ3v) is 11.5. The number of carbonyl (C=O) groups is 2. The number of anilines is 1. The maximum Gasteiger partial charge on any atom is 0.268 e. The van der Waals surface area contributed by atoms with Crippen molar-refractivity contribution in [2.45, 2.75) is 0 Å². The van der Waals surface area contributed by atoms with Gasteiger partial charge in [0, 0.05) is 44.2 Å². The molecule has 2 heterocycles. The van der Waals surface area contributed by atoms with Crippen molar-refractivity contribution >= 4 is 39.3 Å². The molecule has 0 unspecified atom stereocenters. The molecule has 0 spiro atoms. The Morgan fingerprint density at radius 3 is 1.32 bits per heavy atom. The topological polar surface area (TPSA) is 137 Å². The molecule has 0 atom stereocenters. The zero-order valence-corrected chi connectivity index (χ0v) is 32.7. The van der Waals surface area contributed by atoms with Crippen LogP contribution in [0.25, 0.3) is 72.0 Å². The van der Waals surface area contributed by atoms with Crippen LogP contribution in [-0.2, 0) is 0 Å². The van der Waals surface area contributed by atoms with Crippen LogP contribution in [0.5, 0.6) is 0 Å². The number of imide groups is 1. The minimum atomic E-state index is -0.515. The number of amides is 2. The second-order valence-corrected chi connectivity index (χ2v) is 14.8. The molecule has 0 saturated carbocycles. The van der Waals surface area contributed by atoms with Gasteiger partial charge < -0.3 is 4.57 Å². The van der Waals surface area contributed by atoms with Gasteiger partial charge in [-0.05, 0) is 47.5 Å². The maximum absolute atomic E-state index is 15.6. The van der Waals surface area contributed by atoms with Gasteiger partial charge in [-0.2, -0.15) is 21.0 Å². The van der Waals surface area contributed by atoms with E-state index >= 15 is 9.59 Å². The lowest BCUT2D eigenvalue weighted by atomic mass is 9.95. The molecule has 0 radical (unpaired) electrons. The van der Waals surface area contributed by atoms with Crippen molar-refractivity contribution in [2.75, 3.05) is 4.90 Å². The minimum absolute atomic E-state index is 0.184. The molecule has 286 valence electrons. The number of fused-ring (bicyclic) bond motifs is 4. The van der Waals surface area contributed by atoms with Crippen LogP contribution >= 0.6 is 0 Å². The smallest absolute Gasteiger partial charge is 0.268 e. The van der Waals surface area contributed by atoms with E-state index in [4.69, 9.17) is 0 Å². The van der Waals surface area contributed by atoms with Gasteiger partial charge in [0.05, 0.1) is 80.1 Å². The van der Waals surface area contributed by atoms with Crippen LogP contribution in [0.15, 0.2) is 170 Å². The van der Waals surface area contributed by atoms with Crippen molar-refractivity contribution in [2.24, 2.45) is 0 Å². The van der Waals surface area contributed by atoms with Crippen molar-refractivity contribution in [3.63, 3.8) is 0 Å². The molecular formula is C54H28N6O2. The van der Waals surface area contributed by atoms with E-state index in [1.807, 2.05) is 126 Å². The molecule has 8 heteroatoms. The monoisotopic (exact) mass is 792 g/mol. The SMILES string of the molecule is N#Cc1ccc(-c2cccc3c4cccc(-c5ccc(C#N)cc5C#N)c4n(-c4cccc5c4C(=O)N(c4c(-c6ccccc6)cccc4-c4ccccc4)C5=O)c23)c(C#N)c1. The van der Waals surface area contributed by atoms with E-state index < -0.39 is 11.8 Å². The predicted octanol–water partition coefficient (Wildman–Crippen LogP) is 11.7. The number of rotatable bonds is 6. The highest BCUT2D eigenvalue weighted by molar-refractivity contribution is 6.37. The Hall–Kier alpha value is -9.34. The minimum Gasteiger partial charge on any atom is -0.307 e. The lowest BCUT2D eigenvalue weighted by molar-refractivity contribution is 0.0926. The molecule has 0 aliphatic carbocycles. The number of hydrogen-bond donors (Lipinski definition) is 0. The van der Waals surface area contributed by atoms with Gasteiger partial charge in [-0.15, -0.1) is 0 Å². The Kier molecular flexibility index (Phi) is 8.82. The lowest BCUT2D eigenvalue weighted by Crippen LogP contribution is -2.30. The summed E-state index contributed by atoms with van der Waals surface area (Å²) in [6.07, 6.45) is 0. The fourth-order valence-electron chi connectivity index (χ4n) is 8.82. The number of carbonyl (C=O) groups excluding carboxylic acids is 2. The molecule has 62 heavy (non-hydrogen) atoms. The molecule has 1 aliphatic rings. The molecule has 0 fully saturated rings. The Morgan fingerprint density at radius 2 is 0.839 bits per heavy atom. The van der Waals surface area contributed by atoms with E-state index in [1.165, 1.54) is 4.90 Å². The van der Waals surface area contributed by atoms with Gasteiger partial charge in [0.2, 0.25) is 0 Å². The van der Waals surface area contributed by atoms with Crippen LogP contribution in [0.4, 0.5) is 5.69 Å². The highest BCUT2D eigenvalue weighted by Gasteiger charge is 2.42. The summed E-state index contributed by atoms with van der Waals surface area (Å²) in [5.41, 5.74) is 9.32. The van der Waals surface area contributed by atoms with Crippen LogP contribution in [0.3, 0.4) is 0 Å². The summed E-state index contributed by atoms with van der Waals surface area (Å²) in [7, 11) is 0. The Bertz CT molecular complexity index is 3370. The average Bonchev–Trinajstić information content (AvgIpc) is 3.81. The summed E-state index contributed by atoms with van der Waals surface area (Å²) >= 11 is 0. The quantitative estimate of drug-likeness (QED) is 0.154. The van der Waals surface area contributed by atoms with Crippen LogP contribution in [0, 0.1) is 45.3 Å². The second-order valence-electron chi connectivity index (χ2n) is 14.8. The fraction of sp³-hybridized carbons (Fsp3) is 0. The Balaban J connectivity index is 1.31. The number of hydrogen-bond acceptors (Lipinski definition) is 6. The molecule has 0 N–H and O–H groups in total. The standard InChI is InChI=1S/C54H28N6O2/c55-29-33-23-25-39(37(27-33)31-57)43-17-8-19-45-46-20-9-18-44(40-26-24-34(30-56)28-38(40)32-58)52(46)59(51(43)45)48-22-10-21-47-49(48)54(62)60(53(47)61)50-41(35-11-3-1-4-12-35)15-7-16-42(50)36-13-5-2-6-14-36/h1-28H. The van der Waals surface area contributed by atoms with Crippen LogP contribution in [0.1, 0.15) is 43.0 Å². The summed E-state index contributed by atoms with van der Waals surface area (Å²) < 4.78 is 1.96. The second kappa shape index (κ2) is 14.8. The highest BCUT2D eigenvalue weighted by Crippen LogP contribution is 2.47. The lowest BCUT2D eigenvalue weighted by Gasteiger charge is -2.23. The van der Waals surface area contributed by atoms with Crippen molar-refractivity contribution in [1.29, 1.82) is 21.0 Å². The van der Waals surface area contributed by atoms with Gasteiger partial charge in [0.25, 0.3) is 11.8 Å². The largest absolute Gasteiger partial charge is 0.307 e. The van der Waals surface area contributed by atoms with Gasteiger partial charge in [-0.1, -0.05) is 133 Å². The van der Waals surface area contributed by atoms with Crippen molar-refractivity contribution in [3.05, 3.63) is 203 Å². The summed E-state index contributed by atoms with van der Waals surface area (Å²) in [6, 6.07) is 60.6. The zero-order valence-electron chi connectivity index (χ0n) is 32.7. The number of aromatic nitrogens is 1. The predicted molar refractivity (Wildman–Crippen MR) is 239 cm³/mol. The van der Waals surface area contributed by atoms with E-state index in [1.54, 1.807) is 48.5 Å². The van der Waals surface area contributed by atoms with Crippen LogP contribution < -0.4 is 4.90 Å². The molecule has 1 aliphatic heterocycles. The third-order valence-electron chi connectivity index (χ3n) is 11.5. The Morgan fingerprint density at radius 1 is 0.387 bits per heavy atom. The fourth-order valence-corrected chi connectivity index (χ4v) is 8.82. The van der Waals surface area contributed by atoms with Gasteiger partial charge in [0.1, 0.15) is 0 Å². The molecule has 8 nitrogen and oxygen atoms in total. The summed E-state index contributed by atoms with van der Waals surface area (Å²) in [5, 5.41) is 41.9. The van der Waals surface area contributed by atoms with Gasteiger partial charge >= 0.3 is 0 Å². The first kappa shape index (κ1) is 37.0. The number of para-hydroxylation sites is 3. The third kappa shape index (κ3) is 5.65. The van der Waals surface area contributed by atoms with Gasteiger partial charge in [0.15, 0.2) is 0 Å². The molecule has 0 saturated heterocycles. The normalized spacial score (nSPS) is 11.8. The number of nitriles is 4. The van der Waals surface area contributed by atoms with E-state index in [0.717, 1.165) is 21.9 Å². The van der Waals surface area contributed by atoms with Crippen LogP contribution in [-0.4, -0.2) is 16.4 Å². The van der Waals surface area contributed by atoms with Crippen molar-refractivity contribution < 1.29 is 9.59 Å². The average molecular weight is 793 g/mol. The maximum atomic E-state index is 15.6. The first-order valence-electron chi connectivity index (χ1n) is 19.7. The van der Waals surface area contributed by atoms with Gasteiger partial charge in [-0.3, -0.25) is 9.59 Å². The number of benzene rings is 8. The Labute approximate surface area is 355 Å². The van der Waals surface area contributed by atoms with Crippen LogP contribution in [0.2, 0.25) is 0 Å². The molecule has 0 bridgehead atoms. The molecule has 1 aromatic heterocycles. The molecular weight excluding hydrogens is 765 g/mol. The molecule has 9 aromatic rings. The highest BCUT2D eigenvalue weighted by atomic mass is 16.2. The van der Waals surface area contributed by atoms with E-state index in [2.05, 4.69) is 24.3 Å².